The van der Waals surface area contributed by atoms with E-state index in [0.29, 0.717) is 42.7 Å². The second-order valence-corrected chi connectivity index (χ2v) is 34.8. The maximum atomic E-state index is 9.09. The molecular formula is C49H67ClIN11O2Si2. The van der Waals surface area contributed by atoms with Crippen molar-refractivity contribution < 1.29 is 9.47 Å². The zero-order valence-corrected chi connectivity index (χ0v) is 45.0. The van der Waals surface area contributed by atoms with Gasteiger partial charge >= 0.3 is 0 Å². The minimum atomic E-state index is -1.19. The molecule has 4 fully saturated rings. The third-order valence-electron chi connectivity index (χ3n) is 14.2. The highest BCUT2D eigenvalue weighted by Gasteiger charge is 2.41. The lowest BCUT2D eigenvalue weighted by Crippen LogP contribution is -2.43. The van der Waals surface area contributed by atoms with Gasteiger partial charge < -0.3 is 28.4 Å². The van der Waals surface area contributed by atoms with Gasteiger partial charge in [0.2, 0.25) is 0 Å². The Labute approximate surface area is 410 Å². The molecule has 1 aromatic carbocycles. The van der Waals surface area contributed by atoms with Crippen molar-refractivity contribution >= 4 is 95.2 Å². The van der Waals surface area contributed by atoms with E-state index in [1.807, 2.05) is 30.7 Å². The molecule has 4 bridgehead atoms. The van der Waals surface area contributed by atoms with Gasteiger partial charge in [0.25, 0.3) is 0 Å². The molecule has 17 heteroatoms. The lowest BCUT2D eigenvalue weighted by molar-refractivity contribution is 0.0897. The van der Waals surface area contributed by atoms with E-state index in [1.54, 1.807) is 4.68 Å². The number of benzene rings is 1. The van der Waals surface area contributed by atoms with Crippen LogP contribution in [-0.2, 0) is 29.5 Å². The number of fused-ring (bicyclic) bond motifs is 7. The van der Waals surface area contributed by atoms with E-state index in [2.05, 4.69) is 118 Å². The topological polar surface area (TPSA) is 128 Å². The van der Waals surface area contributed by atoms with E-state index in [-0.39, 0.29) is 6.54 Å². The molecule has 13 nitrogen and oxygen atoms in total. The maximum Gasteiger partial charge on any atom is 0.164 e. The van der Waals surface area contributed by atoms with Crippen LogP contribution >= 0.6 is 34.2 Å². The molecule has 9 heterocycles. The number of nitrogens with zero attached hydrogens (tertiary/aromatic N) is 11. The van der Waals surface area contributed by atoms with Crippen LogP contribution in [0.5, 0.6) is 0 Å². The molecule has 0 spiro atoms. The number of ether oxygens (including phenoxy) is 2. The Morgan fingerprint density at radius 3 is 1.73 bits per heavy atom. The molecule has 0 aliphatic carbocycles. The van der Waals surface area contributed by atoms with Gasteiger partial charge in [-0.25, -0.2) is 19.9 Å². The van der Waals surface area contributed by atoms with Gasteiger partial charge in [-0.1, -0.05) is 70.8 Å². The van der Waals surface area contributed by atoms with Gasteiger partial charge in [0.1, 0.15) is 42.7 Å². The summed E-state index contributed by atoms with van der Waals surface area (Å²) in [5.74, 6) is 3.62. The summed E-state index contributed by atoms with van der Waals surface area (Å²) in [5.41, 5.74) is 6.16. The first-order valence-corrected chi connectivity index (χ1v) is 33.0. The molecule has 352 valence electrons. The van der Waals surface area contributed by atoms with Gasteiger partial charge in [-0.05, 0) is 104 Å². The Kier molecular flexibility index (Phi) is 14.0. The van der Waals surface area contributed by atoms with Gasteiger partial charge in [0.05, 0.1) is 32.6 Å². The second kappa shape index (κ2) is 19.4. The number of piperidine rings is 2. The van der Waals surface area contributed by atoms with Crippen molar-refractivity contribution in [2.45, 2.75) is 161 Å². The average Bonchev–Trinajstić information content (AvgIpc) is 4.05. The number of nitriles is 1. The summed E-state index contributed by atoms with van der Waals surface area (Å²) in [6.45, 7) is 21.7. The molecule has 0 N–H and O–H groups in total. The Hall–Kier alpha value is -3.61. The van der Waals surface area contributed by atoms with Crippen LogP contribution in [0.1, 0.15) is 65.2 Å². The summed E-state index contributed by atoms with van der Waals surface area (Å²) in [4.78, 5) is 25.1. The summed E-state index contributed by atoms with van der Waals surface area (Å²) in [6, 6.07) is 10.7. The van der Waals surface area contributed by atoms with Crippen molar-refractivity contribution in [1.29, 1.82) is 5.26 Å². The van der Waals surface area contributed by atoms with Crippen molar-refractivity contribution in [2.75, 3.05) is 23.0 Å². The van der Waals surface area contributed by atoms with Gasteiger partial charge in [-0.15, -0.1) is 0 Å². The third kappa shape index (κ3) is 10.2. The van der Waals surface area contributed by atoms with Gasteiger partial charge in [0.15, 0.2) is 11.3 Å². The minimum absolute atomic E-state index is 0.180. The second-order valence-electron chi connectivity index (χ2n) is 22.0. The summed E-state index contributed by atoms with van der Waals surface area (Å²) < 4.78 is 19.1. The number of anilines is 2. The Balaban J connectivity index is 0.000000178. The lowest BCUT2D eigenvalue weighted by Gasteiger charge is -2.38. The van der Waals surface area contributed by atoms with Crippen LogP contribution in [0, 0.1) is 26.7 Å². The Morgan fingerprint density at radius 1 is 0.712 bits per heavy atom. The van der Waals surface area contributed by atoms with E-state index < -0.39 is 16.1 Å². The SMILES string of the molecule is CC1C[C@H]2CC[C@@H](C1)N2c1cnc2c(-c3ccc4nn(CC#N)cc4c3Cl)cn(COCC[Si](C)(C)C)c2n1.CC1C[C@H]2CC[C@@H](C1)N2c1cnc2c(I)cn(COCC[Si](C)(C)C)c2n1. The van der Waals surface area contributed by atoms with Crippen molar-refractivity contribution in [3.8, 4) is 17.2 Å². The molecule has 4 aliphatic heterocycles. The highest BCUT2D eigenvalue weighted by molar-refractivity contribution is 14.1. The summed E-state index contributed by atoms with van der Waals surface area (Å²) >= 11 is 9.32. The minimum Gasteiger partial charge on any atom is -0.361 e. The molecular weight excluding hydrogens is 993 g/mol. The standard InChI is InChI=1S/C29H36ClN7OSi.C20H31IN4OSi/c1-19-13-20-5-6-21(14-19)37(20)26-15-32-28-23(16-35(29(28)33-26)18-38-11-12-39(2,3)4)22-7-8-25-24(27(22)30)17-36(34-25)10-9-31;1-14-9-15-5-6-16(10-14)25(15)18-11-22-19-17(21)12-24(20(19)23-18)13-26-7-8-27(2,3)4/h7-8,15-17,19-21H,5-6,10-14,18H2,1-4H3;11-12,14-16H,5-10,13H2,1-4H3/t19?,20-,21+;14?,15-,16+. The molecule has 66 heavy (non-hydrogen) atoms. The van der Waals surface area contributed by atoms with E-state index in [9.17, 15) is 0 Å². The Bertz CT molecular complexity index is 2710. The molecule has 0 saturated carbocycles. The first kappa shape index (κ1) is 47.5. The van der Waals surface area contributed by atoms with Crippen LogP contribution in [0.15, 0.2) is 43.1 Å². The number of hydrogen-bond acceptors (Lipinski definition) is 10. The lowest BCUT2D eigenvalue weighted by atomic mass is 9.92. The van der Waals surface area contributed by atoms with Crippen molar-refractivity contribution in [3.05, 3.63) is 51.7 Å². The number of aromatic nitrogens is 8. The smallest absolute Gasteiger partial charge is 0.164 e. The average molecular weight is 1060 g/mol. The highest BCUT2D eigenvalue weighted by atomic mass is 127. The van der Waals surface area contributed by atoms with Crippen molar-refractivity contribution in [1.82, 2.24) is 38.9 Å². The highest BCUT2D eigenvalue weighted by Crippen LogP contribution is 2.44. The van der Waals surface area contributed by atoms with Crippen molar-refractivity contribution in [3.63, 3.8) is 0 Å². The zero-order chi connectivity index (χ0) is 46.5. The van der Waals surface area contributed by atoms with Gasteiger partial charge in [-0.2, -0.15) is 10.4 Å². The van der Waals surface area contributed by atoms with Crippen LogP contribution in [-0.4, -0.2) is 92.4 Å². The molecule has 2 unspecified atom stereocenters. The fourth-order valence-electron chi connectivity index (χ4n) is 10.9. The summed E-state index contributed by atoms with van der Waals surface area (Å²) in [7, 11) is -2.25. The normalized spacial score (nSPS) is 23.0. The molecule has 6 atom stereocenters. The van der Waals surface area contributed by atoms with E-state index in [1.165, 1.54) is 57.4 Å². The predicted molar refractivity (Wildman–Crippen MR) is 281 cm³/mol. The van der Waals surface area contributed by atoms with E-state index in [4.69, 9.17) is 46.3 Å². The number of halogens is 2. The van der Waals surface area contributed by atoms with Crippen LogP contribution in [0.25, 0.3) is 44.4 Å². The summed E-state index contributed by atoms with van der Waals surface area (Å²) in [5, 5.41) is 15.0. The fraction of sp³-hybridized carbons (Fsp3) is 0.592. The number of rotatable bonds is 14. The first-order chi connectivity index (χ1) is 31.5. The van der Waals surface area contributed by atoms with Crippen LogP contribution in [0.4, 0.5) is 11.6 Å². The Morgan fingerprint density at radius 2 is 1.21 bits per heavy atom. The van der Waals surface area contributed by atoms with Crippen LogP contribution in [0.3, 0.4) is 0 Å². The quantitative estimate of drug-likeness (QED) is 0.0591. The zero-order valence-electron chi connectivity index (χ0n) is 40.1. The fourth-order valence-corrected chi connectivity index (χ4v) is 13.4. The maximum absolute atomic E-state index is 9.09. The van der Waals surface area contributed by atoms with Crippen LogP contribution < -0.4 is 9.80 Å². The van der Waals surface area contributed by atoms with E-state index >= 15 is 0 Å². The predicted octanol–water partition coefficient (Wildman–Crippen LogP) is 11.8. The molecule has 5 aromatic heterocycles. The van der Waals surface area contributed by atoms with E-state index in [0.717, 1.165) is 90.7 Å². The molecule has 4 saturated heterocycles. The van der Waals surface area contributed by atoms with Gasteiger partial charge in [0, 0.05) is 88.6 Å². The molecule has 4 aliphatic rings. The third-order valence-corrected chi connectivity index (χ3v) is 18.8. The van der Waals surface area contributed by atoms with Gasteiger partial charge in [-0.3, -0.25) is 4.68 Å². The van der Waals surface area contributed by atoms with Crippen molar-refractivity contribution in [2.24, 2.45) is 11.8 Å². The molecule has 10 rings (SSSR count). The molecule has 0 radical (unpaired) electrons. The molecule has 0 amide bonds. The molecule has 6 aromatic rings. The largest absolute Gasteiger partial charge is 0.361 e. The summed E-state index contributed by atoms with van der Waals surface area (Å²) in [6.07, 6.45) is 20.0. The monoisotopic (exact) mass is 1060 g/mol. The first-order valence-electron chi connectivity index (χ1n) is 24.2. The van der Waals surface area contributed by atoms with Crippen LogP contribution in [0.2, 0.25) is 56.4 Å². The number of hydrogen-bond donors (Lipinski definition) is 0.